The summed E-state index contributed by atoms with van der Waals surface area (Å²) in [4.78, 5) is 2.45. The average Bonchev–Trinajstić information content (AvgIpc) is 3.07. The molecule has 2 aliphatic carbocycles. The summed E-state index contributed by atoms with van der Waals surface area (Å²) < 4.78 is 0. The Morgan fingerprint density at radius 1 is 1.21 bits per heavy atom. The van der Waals surface area contributed by atoms with Gasteiger partial charge in [-0.05, 0) is 25.2 Å². The maximum atomic E-state index is 9.28. The number of aliphatic hydroxyl groups excluding tert-OH is 2. The van der Waals surface area contributed by atoms with Crippen LogP contribution in [0.4, 0.5) is 0 Å². The first-order chi connectivity index (χ1) is 6.72. The van der Waals surface area contributed by atoms with Crippen molar-refractivity contribution in [2.24, 2.45) is 16.7 Å². The van der Waals surface area contributed by atoms with Crippen molar-refractivity contribution < 1.29 is 10.2 Å². The monoisotopic (exact) mass is 197 g/mol. The van der Waals surface area contributed by atoms with E-state index in [2.05, 4.69) is 4.90 Å². The van der Waals surface area contributed by atoms with E-state index >= 15 is 0 Å². The molecule has 14 heavy (non-hydrogen) atoms. The molecule has 1 heterocycles. The predicted octanol–water partition coefficient (Wildman–Crippen LogP) is 0.0731. The fourth-order valence-electron chi connectivity index (χ4n) is 3.09. The number of aliphatic hydroxyl groups is 2. The van der Waals surface area contributed by atoms with Crippen molar-refractivity contribution in [2.45, 2.75) is 19.3 Å². The predicted molar refractivity (Wildman–Crippen MR) is 52.8 cm³/mol. The van der Waals surface area contributed by atoms with Crippen molar-refractivity contribution in [1.82, 2.24) is 4.90 Å². The van der Waals surface area contributed by atoms with Crippen LogP contribution in [0.15, 0.2) is 0 Å². The zero-order chi connectivity index (χ0) is 9.81. The van der Waals surface area contributed by atoms with E-state index in [0.29, 0.717) is 13.2 Å². The Morgan fingerprint density at radius 3 is 2.50 bits per heavy atom. The lowest BCUT2D eigenvalue weighted by Crippen LogP contribution is -2.33. The van der Waals surface area contributed by atoms with Crippen LogP contribution in [0.2, 0.25) is 0 Å². The van der Waals surface area contributed by atoms with Crippen LogP contribution in [-0.4, -0.2) is 48.0 Å². The first-order valence-corrected chi connectivity index (χ1v) is 5.66. The molecule has 3 rings (SSSR count). The summed E-state index contributed by atoms with van der Waals surface area (Å²) >= 11 is 0. The fourth-order valence-corrected chi connectivity index (χ4v) is 3.09. The molecule has 0 spiro atoms. The van der Waals surface area contributed by atoms with Crippen molar-refractivity contribution in [2.75, 3.05) is 32.8 Å². The topological polar surface area (TPSA) is 43.7 Å². The summed E-state index contributed by atoms with van der Waals surface area (Å²) in [5, 5.41) is 18.5. The molecule has 0 bridgehead atoms. The van der Waals surface area contributed by atoms with E-state index in [1.807, 2.05) is 0 Å². The molecule has 2 saturated carbocycles. The molecule has 0 aromatic rings. The van der Waals surface area contributed by atoms with Gasteiger partial charge in [0.05, 0.1) is 6.61 Å². The highest BCUT2D eigenvalue weighted by atomic mass is 16.3. The fraction of sp³-hybridized carbons (Fsp3) is 1.00. The Balaban J connectivity index is 1.57. The van der Waals surface area contributed by atoms with Crippen molar-refractivity contribution in [3.63, 3.8) is 0 Å². The SMILES string of the molecule is OCC1(CN2CC3CC3(CO)C2)CC1. The van der Waals surface area contributed by atoms with E-state index in [-0.39, 0.29) is 10.8 Å². The molecule has 1 aliphatic heterocycles. The van der Waals surface area contributed by atoms with E-state index in [4.69, 9.17) is 0 Å². The summed E-state index contributed by atoms with van der Waals surface area (Å²) in [5.74, 6) is 0.752. The van der Waals surface area contributed by atoms with E-state index in [1.54, 1.807) is 0 Å². The van der Waals surface area contributed by atoms with E-state index in [1.165, 1.54) is 19.3 Å². The van der Waals surface area contributed by atoms with Crippen LogP contribution in [0.3, 0.4) is 0 Å². The molecule has 2 atom stereocenters. The minimum atomic E-state index is 0.243. The van der Waals surface area contributed by atoms with Gasteiger partial charge in [-0.2, -0.15) is 0 Å². The van der Waals surface area contributed by atoms with Crippen LogP contribution in [0.1, 0.15) is 19.3 Å². The highest BCUT2D eigenvalue weighted by Gasteiger charge is 2.60. The van der Waals surface area contributed by atoms with Crippen molar-refractivity contribution >= 4 is 0 Å². The van der Waals surface area contributed by atoms with Crippen LogP contribution in [-0.2, 0) is 0 Å². The zero-order valence-corrected chi connectivity index (χ0v) is 8.58. The van der Waals surface area contributed by atoms with E-state index in [0.717, 1.165) is 25.6 Å². The molecule has 0 radical (unpaired) electrons. The molecule has 80 valence electrons. The van der Waals surface area contributed by atoms with E-state index in [9.17, 15) is 10.2 Å². The van der Waals surface area contributed by atoms with Gasteiger partial charge in [-0.25, -0.2) is 0 Å². The minimum Gasteiger partial charge on any atom is -0.396 e. The summed E-state index contributed by atoms with van der Waals surface area (Å²) in [6.45, 7) is 3.99. The molecule has 2 unspecified atom stereocenters. The molecular weight excluding hydrogens is 178 g/mol. The number of hydrogen-bond acceptors (Lipinski definition) is 3. The quantitative estimate of drug-likeness (QED) is 0.670. The van der Waals surface area contributed by atoms with Crippen LogP contribution >= 0.6 is 0 Å². The van der Waals surface area contributed by atoms with Crippen molar-refractivity contribution in [3.05, 3.63) is 0 Å². The maximum Gasteiger partial charge on any atom is 0.0502 e. The first kappa shape index (κ1) is 9.13. The van der Waals surface area contributed by atoms with Crippen molar-refractivity contribution in [1.29, 1.82) is 0 Å². The van der Waals surface area contributed by atoms with Crippen LogP contribution in [0.25, 0.3) is 0 Å². The van der Waals surface area contributed by atoms with Crippen LogP contribution in [0, 0.1) is 16.7 Å². The molecule has 3 heteroatoms. The van der Waals surface area contributed by atoms with Gasteiger partial charge in [-0.3, -0.25) is 0 Å². The number of hydrogen-bond donors (Lipinski definition) is 2. The molecular formula is C11H19NO2. The van der Waals surface area contributed by atoms with Gasteiger partial charge in [-0.15, -0.1) is 0 Å². The largest absolute Gasteiger partial charge is 0.396 e. The highest BCUT2D eigenvalue weighted by Crippen LogP contribution is 2.58. The standard InChI is InChI=1S/C11H19NO2/c13-7-10(1-2-10)5-12-4-9-3-11(9,6-12)8-14/h9,13-14H,1-8H2. The number of rotatable bonds is 4. The number of fused-ring (bicyclic) bond motifs is 1. The normalized spacial score (nSPS) is 43.7. The third kappa shape index (κ3) is 1.23. The Hall–Kier alpha value is -0.120. The van der Waals surface area contributed by atoms with Gasteiger partial charge in [0.25, 0.3) is 0 Å². The maximum absolute atomic E-state index is 9.28. The lowest BCUT2D eigenvalue weighted by molar-refractivity contribution is 0.138. The van der Waals surface area contributed by atoms with Crippen LogP contribution < -0.4 is 0 Å². The average molecular weight is 197 g/mol. The Labute approximate surface area is 84.7 Å². The summed E-state index contributed by atoms with van der Waals surface area (Å²) in [7, 11) is 0. The van der Waals surface area contributed by atoms with Gasteiger partial charge in [0.15, 0.2) is 0 Å². The van der Waals surface area contributed by atoms with Gasteiger partial charge < -0.3 is 15.1 Å². The van der Waals surface area contributed by atoms with Gasteiger partial charge in [-0.1, -0.05) is 0 Å². The second kappa shape index (κ2) is 2.71. The lowest BCUT2D eigenvalue weighted by Gasteiger charge is -2.24. The van der Waals surface area contributed by atoms with Gasteiger partial charge in [0.1, 0.15) is 0 Å². The summed E-state index contributed by atoms with van der Waals surface area (Å²) in [5.41, 5.74) is 0.513. The summed E-state index contributed by atoms with van der Waals surface area (Å²) in [6, 6.07) is 0. The molecule has 3 aliphatic rings. The lowest BCUT2D eigenvalue weighted by atomic mass is 10.1. The Bertz CT molecular complexity index is 248. The minimum absolute atomic E-state index is 0.243. The Kier molecular flexibility index (Phi) is 1.77. The van der Waals surface area contributed by atoms with Gasteiger partial charge in [0.2, 0.25) is 0 Å². The zero-order valence-electron chi connectivity index (χ0n) is 8.58. The van der Waals surface area contributed by atoms with E-state index < -0.39 is 0 Å². The second-order valence-corrected chi connectivity index (χ2v) is 5.75. The molecule has 0 aromatic heterocycles. The van der Waals surface area contributed by atoms with Gasteiger partial charge in [0, 0.05) is 37.1 Å². The molecule has 3 nitrogen and oxygen atoms in total. The number of likely N-dealkylation sites (tertiary alicyclic amines) is 1. The van der Waals surface area contributed by atoms with Gasteiger partial charge >= 0.3 is 0 Å². The molecule has 2 N–H and O–H groups in total. The molecule has 3 fully saturated rings. The molecule has 0 aromatic carbocycles. The smallest absolute Gasteiger partial charge is 0.0502 e. The second-order valence-electron chi connectivity index (χ2n) is 5.75. The number of piperidine rings is 1. The highest BCUT2D eigenvalue weighted by molar-refractivity contribution is 5.11. The molecule has 0 amide bonds. The molecule has 1 saturated heterocycles. The van der Waals surface area contributed by atoms with Crippen LogP contribution in [0.5, 0.6) is 0 Å². The third-order valence-corrected chi connectivity index (χ3v) is 4.54. The Morgan fingerprint density at radius 2 is 2.00 bits per heavy atom. The van der Waals surface area contributed by atoms with Crippen molar-refractivity contribution in [3.8, 4) is 0 Å². The number of nitrogens with zero attached hydrogens (tertiary/aromatic N) is 1. The summed E-state index contributed by atoms with van der Waals surface area (Å²) in [6.07, 6.45) is 3.61. The first-order valence-electron chi connectivity index (χ1n) is 5.66. The third-order valence-electron chi connectivity index (χ3n) is 4.54.